The van der Waals surface area contributed by atoms with Crippen LogP contribution in [-0.4, -0.2) is 87.1 Å². The molecule has 286 valence electrons. The van der Waals surface area contributed by atoms with Crippen LogP contribution in [0.3, 0.4) is 0 Å². The first-order valence-corrected chi connectivity index (χ1v) is 18.8. The third-order valence-electron chi connectivity index (χ3n) is 10.3. The molecule has 2 aromatic carbocycles. The lowest BCUT2D eigenvalue weighted by Crippen LogP contribution is -2.47. The van der Waals surface area contributed by atoms with Crippen molar-refractivity contribution in [2.75, 3.05) is 53.4 Å². The van der Waals surface area contributed by atoms with Gasteiger partial charge in [-0.2, -0.15) is 0 Å². The molecule has 50 heavy (non-hydrogen) atoms. The monoisotopic (exact) mass is 702 g/mol. The highest BCUT2D eigenvalue weighted by atomic mass is 19.1. The predicted molar refractivity (Wildman–Crippen MR) is 210 cm³/mol. The molecule has 2 saturated carbocycles. The molecule has 4 rings (SSSR count). The van der Waals surface area contributed by atoms with Crippen molar-refractivity contribution in [2.45, 2.75) is 124 Å². The molecule has 2 aliphatic carbocycles. The first kappa shape index (κ1) is 45.8. The van der Waals surface area contributed by atoms with E-state index in [0.29, 0.717) is 42.2 Å². The summed E-state index contributed by atoms with van der Waals surface area (Å²) in [5.74, 6) is 1.16. The third kappa shape index (κ3) is 16.9. The van der Waals surface area contributed by atoms with Crippen molar-refractivity contribution in [1.29, 1.82) is 0 Å². The maximum atomic E-state index is 13.0. The zero-order valence-electron chi connectivity index (χ0n) is 30.4. The lowest BCUT2D eigenvalue weighted by molar-refractivity contribution is -0.122. The average molecular weight is 702 g/mol. The summed E-state index contributed by atoms with van der Waals surface area (Å²) in [5, 5.41) is 6.89. The maximum Gasteiger partial charge on any atom is 0.133 e. The Morgan fingerprint density at radius 3 is 1.62 bits per heavy atom. The van der Waals surface area contributed by atoms with Gasteiger partial charge in [-0.05, 0) is 152 Å². The van der Waals surface area contributed by atoms with Gasteiger partial charge in [0.2, 0.25) is 0 Å². The van der Waals surface area contributed by atoms with E-state index >= 15 is 0 Å². The van der Waals surface area contributed by atoms with E-state index < -0.39 is 0 Å². The molecule has 2 fully saturated rings. The molecule has 0 aromatic heterocycles. The number of benzene rings is 2. The highest BCUT2D eigenvalue weighted by Gasteiger charge is 2.30. The Labute approximate surface area is 305 Å². The van der Waals surface area contributed by atoms with Crippen LogP contribution in [0.1, 0.15) is 104 Å². The number of hydrogen-bond acceptors (Lipinski definition) is 6. The zero-order chi connectivity index (χ0) is 34.7. The minimum atomic E-state index is -0.175. The van der Waals surface area contributed by atoms with Gasteiger partial charge in [0.15, 0.2) is 0 Å². The van der Waals surface area contributed by atoms with Crippen LogP contribution in [0.5, 0.6) is 0 Å². The number of carbonyl (C=O) groups is 1. The fourth-order valence-electron chi connectivity index (χ4n) is 7.74. The average Bonchev–Trinajstić information content (AvgIpc) is 3.07. The number of aryl methyl sites for hydroxylation is 2. The fraction of sp³-hybridized carbons (Fsp3) is 0.690. The molecule has 5 atom stereocenters. The number of nitrogens with one attached hydrogen (secondary N) is 2. The van der Waals surface area contributed by atoms with Crippen LogP contribution in [0.4, 0.5) is 8.78 Å². The van der Waals surface area contributed by atoms with Crippen molar-refractivity contribution < 1.29 is 13.6 Å². The quantitative estimate of drug-likeness (QED) is 0.147. The SMILES string of the molecule is C.C.CCCN(CCCc1ccc(F)cc1)C[C@@H]1CC(=O)CC[C@H]1NC.CCCN(CCCc1ccc(F)cc1)C[C@@H]1C[C@H](N)CC[C@H]1NC. The molecule has 0 amide bonds. The topological polar surface area (TPSA) is 73.6 Å². The summed E-state index contributed by atoms with van der Waals surface area (Å²) in [7, 11) is 4.08. The third-order valence-corrected chi connectivity index (χ3v) is 10.3. The van der Waals surface area contributed by atoms with Crippen molar-refractivity contribution in [3.63, 3.8) is 0 Å². The maximum absolute atomic E-state index is 13.0. The molecule has 0 spiro atoms. The first-order valence-electron chi connectivity index (χ1n) is 18.8. The summed E-state index contributed by atoms with van der Waals surface area (Å²) in [5.41, 5.74) is 8.61. The molecule has 0 unspecified atom stereocenters. The molecule has 8 heteroatoms. The second-order valence-electron chi connectivity index (χ2n) is 14.2. The van der Waals surface area contributed by atoms with Gasteiger partial charge < -0.3 is 26.2 Å². The lowest BCUT2D eigenvalue weighted by atomic mass is 9.81. The Hall–Kier alpha value is -2.23. The van der Waals surface area contributed by atoms with Gasteiger partial charge in [-0.1, -0.05) is 53.0 Å². The summed E-state index contributed by atoms with van der Waals surface area (Å²) in [4.78, 5) is 16.9. The van der Waals surface area contributed by atoms with E-state index in [1.165, 1.54) is 36.1 Å². The number of carbonyl (C=O) groups excluding carboxylic acids is 1. The van der Waals surface area contributed by atoms with Gasteiger partial charge in [0.1, 0.15) is 17.4 Å². The van der Waals surface area contributed by atoms with Crippen LogP contribution >= 0.6 is 0 Å². The van der Waals surface area contributed by atoms with Crippen LogP contribution in [0, 0.1) is 23.5 Å². The smallest absolute Gasteiger partial charge is 0.133 e. The minimum absolute atomic E-state index is 0. The summed E-state index contributed by atoms with van der Waals surface area (Å²) in [6.07, 6.45) is 12.3. The molecule has 0 bridgehead atoms. The number of ketones is 1. The summed E-state index contributed by atoms with van der Waals surface area (Å²) in [6, 6.07) is 15.1. The second kappa shape index (κ2) is 25.7. The molecule has 0 aliphatic heterocycles. The normalized spacial score (nSPS) is 22.0. The van der Waals surface area contributed by atoms with E-state index in [4.69, 9.17) is 5.73 Å². The van der Waals surface area contributed by atoms with Crippen molar-refractivity contribution in [3.05, 3.63) is 71.3 Å². The van der Waals surface area contributed by atoms with Crippen molar-refractivity contribution in [1.82, 2.24) is 20.4 Å². The summed E-state index contributed by atoms with van der Waals surface area (Å²) in [6.45, 7) is 10.9. The van der Waals surface area contributed by atoms with Crippen LogP contribution in [0.15, 0.2) is 48.5 Å². The number of halogens is 2. The molecule has 4 N–H and O–H groups in total. The van der Waals surface area contributed by atoms with E-state index in [9.17, 15) is 13.6 Å². The van der Waals surface area contributed by atoms with E-state index in [0.717, 1.165) is 97.1 Å². The number of rotatable bonds is 18. The molecular formula is C42H73F2N5O. The molecule has 2 aliphatic rings. The van der Waals surface area contributed by atoms with Crippen LogP contribution in [0.2, 0.25) is 0 Å². The second-order valence-corrected chi connectivity index (χ2v) is 14.2. The molecule has 2 aromatic rings. The van der Waals surface area contributed by atoms with Gasteiger partial charge in [0, 0.05) is 44.1 Å². The zero-order valence-corrected chi connectivity index (χ0v) is 30.4. The Kier molecular flexibility index (Phi) is 23.5. The van der Waals surface area contributed by atoms with E-state index in [2.05, 4.69) is 41.3 Å². The van der Waals surface area contributed by atoms with Gasteiger partial charge in [-0.25, -0.2) is 8.78 Å². The highest BCUT2D eigenvalue weighted by Crippen LogP contribution is 2.25. The van der Waals surface area contributed by atoms with Crippen molar-refractivity contribution in [3.8, 4) is 0 Å². The number of nitrogens with two attached hydrogens (primary N) is 1. The lowest BCUT2D eigenvalue weighted by Gasteiger charge is -2.38. The minimum Gasteiger partial charge on any atom is -0.328 e. The Morgan fingerprint density at radius 2 is 1.16 bits per heavy atom. The standard InChI is InChI=1S/C20H34FN3.C20H31FN2O.2CH4/c1-3-12-24(13-4-5-16-6-8-18(21)9-7-16)15-17-14-19(22)10-11-20(17)23-2;1-3-12-23(13-4-5-16-6-8-18(21)9-7-16)15-17-14-19(24)10-11-20(17)22-2;;/h6-9,17,19-20,23H,3-5,10-15,22H2,1-2H3;6-9,17,20,22H,3-5,10-15H2,1-2H3;2*1H4/t17-,19+,20+;17-,20+;;/m00../s1. The van der Waals surface area contributed by atoms with Crippen LogP contribution < -0.4 is 16.4 Å². The first-order chi connectivity index (χ1) is 23.2. The molecular weight excluding hydrogens is 628 g/mol. The molecule has 0 radical (unpaired) electrons. The van der Waals surface area contributed by atoms with Gasteiger partial charge in [-0.15, -0.1) is 0 Å². The van der Waals surface area contributed by atoms with Crippen molar-refractivity contribution in [2.24, 2.45) is 17.6 Å². The van der Waals surface area contributed by atoms with E-state index in [-0.39, 0.29) is 26.5 Å². The van der Waals surface area contributed by atoms with Crippen LogP contribution in [0.25, 0.3) is 0 Å². The Balaban J connectivity index is 0.000000481. The van der Waals surface area contributed by atoms with E-state index in [1.807, 2.05) is 31.3 Å². The Morgan fingerprint density at radius 1 is 0.700 bits per heavy atom. The number of hydrogen-bond donors (Lipinski definition) is 3. The predicted octanol–water partition coefficient (Wildman–Crippen LogP) is 7.89. The molecule has 6 nitrogen and oxygen atoms in total. The summed E-state index contributed by atoms with van der Waals surface area (Å²) < 4.78 is 25.9. The Bertz CT molecular complexity index is 1150. The molecule has 0 saturated heterocycles. The van der Waals surface area contributed by atoms with Crippen molar-refractivity contribution >= 4 is 5.78 Å². The largest absolute Gasteiger partial charge is 0.328 e. The summed E-state index contributed by atoms with van der Waals surface area (Å²) >= 11 is 0. The van der Waals surface area contributed by atoms with Gasteiger partial charge in [0.05, 0.1) is 0 Å². The molecule has 0 heterocycles. The van der Waals surface area contributed by atoms with E-state index in [1.54, 1.807) is 12.1 Å². The highest BCUT2D eigenvalue weighted by molar-refractivity contribution is 5.79. The van der Waals surface area contributed by atoms with Crippen LogP contribution in [-0.2, 0) is 17.6 Å². The number of Topliss-reactive ketones (excluding diaryl/α,β-unsaturated/α-hetero) is 1. The van der Waals surface area contributed by atoms with Gasteiger partial charge >= 0.3 is 0 Å². The fourth-order valence-corrected chi connectivity index (χ4v) is 7.74. The van der Waals surface area contributed by atoms with Gasteiger partial charge in [-0.3, -0.25) is 4.79 Å². The number of nitrogens with zero attached hydrogens (tertiary/aromatic N) is 2. The van der Waals surface area contributed by atoms with Gasteiger partial charge in [0.25, 0.3) is 0 Å².